The summed E-state index contributed by atoms with van der Waals surface area (Å²) in [6.07, 6.45) is 1.73. The normalized spacial score (nSPS) is 15.0. The highest BCUT2D eigenvalue weighted by Crippen LogP contribution is 2.21. The third-order valence-corrected chi connectivity index (χ3v) is 6.64. The minimum Gasteiger partial charge on any atom is -0.267 e. The van der Waals surface area contributed by atoms with Gasteiger partial charge in [0.1, 0.15) is 0 Å². The van der Waals surface area contributed by atoms with Crippen LogP contribution < -0.4 is 10.9 Å². The van der Waals surface area contributed by atoms with Crippen molar-refractivity contribution in [1.29, 1.82) is 0 Å². The fourth-order valence-electron chi connectivity index (χ4n) is 2.51. The molecule has 1 aliphatic rings. The lowest BCUT2D eigenvalue weighted by Crippen LogP contribution is -2.41. The minimum absolute atomic E-state index is 0.161. The number of nitrogens with zero attached hydrogens (tertiary/aromatic N) is 1. The highest BCUT2D eigenvalue weighted by Gasteiger charge is 2.27. The van der Waals surface area contributed by atoms with Crippen LogP contribution in [0.15, 0.2) is 46.7 Å². The molecular weight excluding hydrogens is 362 g/mol. The number of benzene rings is 1. The number of rotatable bonds is 4. The van der Waals surface area contributed by atoms with Gasteiger partial charge in [0, 0.05) is 18.7 Å². The van der Waals surface area contributed by atoms with Gasteiger partial charge in [-0.15, -0.1) is 11.3 Å². The first-order valence-corrected chi connectivity index (χ1v) is 10.0. The summed E-state index contributed by atoms with van der Waals surface area (Å²) in [7, 11) is -3.50. The van der Waals surface area contributed by atoms with Gasteiger partial charge in [0.15, 0.2) is 0 Å². The first-order valence-electron chi connectivity index (χ1n) is 7.73. The van der Waals surface area contributed by atoms with Crippen LogP contribution in [0.1, 0.15) is 32.9 Å². The summed E-state index contributed by atoms with van der Waals surface area (Å²) in [5.74, 6) is -0.924. The number of amides is 2. The number of carbonyl (C=O) groups excluding carboxylic acids is 2. The summed E-state index contributed by atoms with van der Waals surface area (Å²) in [5.41, 5.74) is 4.88. The lowest BCUT2D eigenvalue weighted by Gasteiger charge is -2.15. The Morgan fingerprint density at radius 2 is 1.60 bits per heavy atom. The van der Waals surface area contributed by atoms with Crippen molar-refractivity contribution in [1.82, 2.24) is 15.2 Å². The molecule has 0 unspecified atom stereocenters. The molecule has 3 rings (SSSR count). The van der Waals surface area contributed by atoms with Crippen LogP contribution in [0.25, 0.3) is 0 Å². The monoisotopic (exact) mass is 379 g/mol. The Labute approximate surface area is 149 Å². The molecule has 1 aliphatic heterocycles. The van der Waals surface area contributed by atoms with Gasteiger partial charge in [0.2, 0.25) is 10.0 Å². The summed E-state index contributed by atoms with van der Waals surface area (Å²) in [5, 5.41) is 1.76. The summed E-state index contributed by atoms with van der Waals surface area (Å²) in [6.45, 7) is 1.05. The molecule has 1 fully saturated rings. The number of sulfonamides is 1. The number of hydrazine groups is 1. The van der Waals surface area contributed by atoms with Crippen molar-refractivity contribution in [2.24, 2.45) is 0 Å². The van der Waals surface area contributed by atoms with E-state index in [-0.39, 0.29) is 10.5 Å². The standard InChI is InChI=1S/C16H17N3O4S2/c20-15(17-18-16(21)14-4-3-11-24-14)12-5-7-13(8-6-12)25(22,23)19-9-1-2-10-19/h3-8,11H,1-2,9-10H2,(H,17,20)(H,18,21). The molecule has 1 saturated heterocycles. The third-order valence-electron chi connectivity index (χ3n) is 3.85. The molecule has 25 heavy (non-hydrogen) atoms. The molecule has 0 aliphatic carbocycles. The number of hydrogen-bond acceptors (Lipinski definition) is 5. The van der Waals surface area contributed by atoms with Crippen molar-refractivity contribution in [3.05, 3.63) is 52.2 Å². The number of hydrogen-bond donors (Lipinski definition) is 2. The summed E-state index contributed by atoms with van der Waals surface area (Å²) in [6, 6.07) is 9.05. The van der Waals surface area contributed by atoms with Gasteiger partial charge >= 0.3 is 0 Å². The minimum atomic E-state index is -3.50. The van der Waals surface area contributed by atoms with Gasteiger partial charge in [-0.3, -0.25) is 20.4 Å². The molecule has 2 aromatic rings. The molecule has 0 radical (unpaired) electrons. The lowest BCUT2D eigenvalue weighted by atomic mass is 10.2. The fourth-order valence-corrected chi connectivity index (χ4v) is 4.65. The van der Waals surface area contributed by atoms with E-state index < -0.39 is 21.8 Å². The quantitative estimate of drug-likeness (QED) is 0.789. The average Bonchev–Trinajstić information content (AvgIpc) is 3.33. The molecule has 7 nitrogen and oxygen atoms in total. The first kappa shape index (κ1) is 17.6. The summed E-state index contributed by atoms with van der Waals surface area (Å²) < 4.78 is 26.3. The van der Waals surface area contributed by atoms with E-state index in [1.807, 2.05) is 0 Å². The topological polar surface area (TPSA) is 95.6 Å². The van der Waals surface area contributed by atoms with Crippen LogP contribution in [-0.4, -0.2) is 37.6 Å². The number of thiophene rings is 1. The molecule has 0 bridgehead atoms. The van der Waals surface area contributed by atoms with Crippen LogP contribution in [0.3, 0.4) is 0 Å². The second-order valence-electron chi connectivity index (χ2n) is 5.52. The van der Waals surface area contributed by atoms with E-state index in [1.54, 1.807) is 17.5 Å². The largest absolute Gasteiger partial charge is 0.279 e. The Balaban J connectivity index is 1.63. The molecule has 1 aromatic heterocycles. The molecule has 0 spiro atoms. The average molecular weight is 379 g/mol. The van der Waals surface area contributed by atoms with E-state index in [2.05, 4.69) is 10.9 Å². The van der Waals surface area contributed by atoms with Gasteiger partial charge in [-0.1, -0.05) is 6.07 Å². The van der Waals surface area contributed by atoms with Crippen molar-refractivity contribution in [3.8, 4) is 0 Å². The third kappa shape index (κ3) is 3.89. The predicted octanol–water partition coefficient (Wildman–Crippen LogP) is 1.61. The van der Waals surface area contributed by atoms with Crippen molar-refractivity contribution >= 4 is 33.2 Å². The second-order valence-corrected chi connectivity index (χ2v) is 8.41. The van der Waals surface area contributed by atoms with Gasteiger partial charge in [-0.25, -0.2) is 8.42 Å². The molecule has 2 amide bonds. The zero-order valence-corrected chi connectivity index (χ0v) is 14.9. The van der Waals surface area contributed by atoms with Crippen LogP contribution in [0.4, 0.5) is 0 Å². The van der Waals surface area contributed by atoms with E-state index in [4.69, 9.17) is 0 Å². The van der Waals surface area contributed by atoms with Crippen LogP contribution in [-0.2, 0) is 10.0 Å². The van der Waals surface area contributed by atoms with E-state index >= 15 is 0 Å². The van der Waals surface area contributed by atoms with Crippen LogP contribution in [0.5, 0.6) is 0 Å². The SMILES string of the molecule is O=C(NNC(=O)c1cccs1)c1ccc(S(=O)(=O)N2CCCC2)cc1. The Kier molecular flexibility index (Phi) is 5.16. The van der Waals surface area contributed by atoms with E-state index in [9.17, 15) is 18.0 Å². The molecule has 2 N–H and O–H groups in total. The van der Waals surface area contributed by atoms with Gasteiger partial charge in [-0.2, -0.15) is 4.31 Å². The highest BCUT2D eigenvalue weighted by molar-refractivity contribution is 7.89. The molecule has 0 saturated carbocycles. The Hall–Kier alpha value is -2.23. The predicted molar refractivity (Wildman–Crippen MR) is 93.7 cm³/mol. The maximum Gasteiger partial charge on any atom is 0.279 e. The van der Waals surface area contributed by atoms with Crippen LogP contribution >= 0.6 is 11.3 Å². The summed E-state index contributed by atoms with van der Waals surface area (Å²) >= 11 is 1.26. The van der Waals surface area contributed by atoms with Crippen molar-refractivity contribution in [3.63, 3.8) is 0 Å². The molecular formula is C16H17N3O4S2. The lowest BCUT2D eigenvalue weighted by molar-refractivity contribution is 0.0849. The van der Waals surface area contributed by atoms with Crippen molar-refractivity contribution < 1.29 is 18.0 Å². The van der Waals surface area contributed by atoms with Gasteiger partial charge in [0.05, 0.1) is 9.77 Å². The molecule has 0 atom stereocenters. The van der Waals surface area contributed by atoms with Crippen LogP contribution in [0, 0.1) is 0 Å². The van der Waals surface area contributed by atoms with Gasteiger partial charge in [0.25, 0.3) is 11.8 Å². The molecule has 2 heterocycles. The second kappa shape index (κ2) is 7.34. The Morgan fingerprint density at radius 1 is 0.960 bits per heavy atom. The van der Waals surface area contributed by atoms with E-state index in [1.165, 1.54) is 39.9 Å². The zero-order chi connectivity index (χ0) is 17.9. The number of nitrogens with one attached hydrogen (secondary N) is 2. The number of carbonyl (C=O) groups is 2. The zero-order valence-electron chi connectivity index (χ0n) is 13.3. The van der Waals surface area contributed by atoms with E-state index in [0.29, 0.717) is 18.0 Å². The first-order chi connectivity index (χ1) is 12.0. The van der Waals surface area contributed by atoms with Crippen molar-refractivity contribution in [2.45, 2.75) is 17.7 Å². The molecule has 9 heteroatoms. The molecule has 132 valence electrons. The maximum atomic E-state index is 12.4. The van der Waals surface area contributed by atoms with E-state index in [0.717, 1.165) is 12.8 Å². The molecule has 1 aromatic carbocycles. The van der Waals surface area contributed by atoms with Gasteiger partial charge < -0.3 is 0 Å². The maximum absolute atomic E-state index is 12.4. The highest BCUT2D eigenvalue weighted by atomic mass is 32.2. The Morgan fingerprint density at radius 3 is 2.20 bits per heavy atom. The van der Waals surface area contributed by atoms with Crippen LogP contribution in [0.2, 0.25) is 0 Å². The van der Waals surface area contributed by atoms with Crippen molar-refractivity contribution in [2.75, 3.05) is 13.1 Å². The summed E-state index contributed by atoms with van der Waals surface area (Å²) in [4.78, 5) is 24.5. The fraction of sp³-hybridized carbons (Fsp3) is 0.250. The van der Waals surface area contributed by atoms with Gasteiger partial charge in [-0.05, 0) is 48.6 Å². The Bertz CT molecular complexity index is 855. The smallest absolute Gasteiger partial charge is 0.267 e.